The highest BCUT2D eigenvalue weighted by atomic mass is 35.5. The molecule has 136 valence electrons. The predicted molar refractivity (Wildman–Crippen MR) is 96.9 cm³/mol. The number of nitrogens with zero attached hydrogens (tertiary/aromatic N) is 2. The third kappa shape index (κ3) is 3.96. The van der Waals surface area contributed by atoms with E-state index >= 15 is 0 Å². The van der Waals surface area contributed by atoms with Gasteiger partial charge in [0.1, 0.15) is 18.1 Å². The molecular formula is C19H18ClFN2O3. The zero-order chi connectivity index (χ0) is 18.7. The molecule has 2 aromatic rings. The molecular weight excluding hydrogens is 359 g/mol. The molecule has 1 aliphatic rings. The maximum absolute atomic E-state index is 13.1. The van der Waals surface area contributed by atoms with Gasteiger partial charge in [0, 0.05) is 18.8 Å². The number of piperazine rings is 1. The Balaban J connectivity index is 1.63. The van der Waals surface area contributed by atoms with E-state index in [0.29, 0.717) is 13.1 Å². The van der Waals surface area contributed by atoms with Gasteiger partial charge in [-0.15, -0.1) is 0 Å². The van der Waals surface area contributed by atoms with Gasteiger partial charge in [-0.05, 0) is 37.3 Å². The van der Waals surface area contributed by atoms with E-state index in [4.69, 9.17) is 16.3 Å². The first-order valence-electron chi connectivity index (χ1n) is 8.21. The molecule has 2 aromatic carbocycles. The number of para-hydroxylation sites is 1. The fourth-order valence-electron chi connectivity index (χ4n) is 2.81. The predicted octanol–water partition coefficient (Wildman–Crippen LogP) is 3.12. The molecule has 1 heterocycles. The summed E-state index contributed by atoms with van der Waals surface area (Å²) >= 11 is 5.92. The summed E-state index contributed by atoms with van der Waals surface area (Å²) in [4.78, 5) is 28.1. The van der Waals surface area contributed by atoms with Crippen LogP contribution in [0.2, 0.25) is 5.02 Å². The van der Waals surface area contributed by atoms with Crippen molar-refractivity contribution in [3.63, 3.8) is 0 Å². The molecule has 0 radical (unpaired) electrons. The highest BCUT2D eigenvalue weighted by Gasteiger charge is 2.31. The van der Waals surface area contributed by atoms with Gasteiger partial charge >= 0.3 is 0 Å². The monoisotopic (exact) mass is 376 g/mol. The van der Waals surface area contributed by atoms with Crippen LogP contribution in [0.4, 0.5) is 10.1 Å². The Morgan fingerprint density at radius 2 is 1.92 bits per heavy atom. The van der Waals surface area contributed by atoms with Crippen molar-refractivity contribution >= 4 is 29.1 Å². The number of benzene rings is 2. The second kappa shape index (κ2) is 7.74. The third-order valence-electron chi connectivity index (χ3n) is 4.15. The summed E-state index contributed by atoms with van der Waals surface area (Å²) in [5.74, 6) is -0.721. The molecule has 7 heteroatoms. The van der Waals surface area contributed by atoms with Crippen molar-refractivity contribution in [2.24, 2.45) is 0 Å². The largest absolute Gasteiger partial charge is 0.479 e. The van der Waals surface area contributed by atoms with Crippen LogP contribution < -0.4 is 9.64 Å². The average molecular weight is 377 g/mol. The van der Waals surface area contributed by atoms with Crippen molar-refractivity contribution in [2.75, 3.05) is 24.5 Å². The first kappa shape index (κ1) is 18.2. The summed E-state index contributed by atoms with van der Waals surface area (Å²) in [7, 11) is 0. The SMILES string of the molecule is C[C@@H](Oc1ccc(F)cc1Cl)C(=O)N1CCN(c2ccccc2)C(=O)C1. The number of anilines is 1. The van der Waals surface area contributed by atoms with Gasteiger partial charge in [-0.25, -0.2) is 4.39 Å². The van der Waals surface area contributed by atoms with E-state index in [1.807, 2.05) is 30.3 Å². The van der Waals surface area contributed by atoms with Crippen molar-refractivity contribution in [3.05, 3.63) is 59.4 Å². The summed E-state index contributed by atoms with van der Waals surface area (Å²) < 4.78 is 18.6. The summed E-state index contributed by atoms with van der Waals surface area (Å²) in [6.45, 7) is 2.39. The number of carbonyl (C=O) groups is 2. The molecule has 0 aromatic heterocycles. The van der Waals surface area contributed by atoms with E-state index in [-0.39, 0.29) is 29.1 Å². The van der Waals surface area contributed by atoms with Crippen LogP contribution in [0.5, 0.6) is 5.75 Å². The fraction of sp³-hybridized carbons (Fsp3) is 0.263. The van der Waals surface area contributed by atoms with Crippen LogP contribution in [0, 0.1) is 5.82 Å². The molecule has 0 N–H and O–H groups in total. The minimum Gasteiger partial charge on any atom is -0.479 e. The lowest BCUT2D eigenvalue weighted by Gasteiger charge is -2.35. The summed E-state index contributed by atoms with van der Waals surface area (Å²) in [5.41, 5.74) is 0.812. The molecule has 1 aliphatic heterocycles. The first-order chi connectivity index (χ1) is 12.5. The van der Waals surface area contributed by atoms with Gasteiger partial charge in [0.15, 0.2) is 6.10 Å². The standard InChI is InChI=1S/C19H18ClFN2O3/c1-13(26-17-8-7-14(21)11-16(17)20)19(25)22-9-10-23(18(24)12-22)15-5-3-2-4-6-15/h2-8,11,13H,9-10,12H2,1H3/t13-/m1/s1. The second-order valence-electron chi connectivity index (χ2n) is 5.98. The normalized spacial score (nSPS) is 15.7. The third-order valence-corrected chi connectivity index (χ3v) is 4.44. The molecule has 0 spiro atoms. The lowest BCUT2D eigenvalue weighted by molar-refractivity contribution is -0.142. The molecule has 5 nitrogen and oxygen atoms in total. The number of hydrogen-bond acceptors (Lipinski definition) is 3. The van der Waals surface area contributed by atoms with Crippen LogP contribution in [0.15, 0.2) is 48.5 Å². The fourth-order valence-corrected chi connectivity index (χ4v) is 3.02. The number of carbonyl (C=O) groups excluding carboxylic acids is 2. The number of ether oxygens (including phenoxy) is 1. The Morgan fingerprint density at radius 3 is 2.58 bits per heavy atom. The zero-order valence-electron chi connectivity index (χ0n) is 14.2. The Kier molecular flexibility index (Phi) is 5.42. The van der Waals surface area contributed by atoms with E-state index in [1.165, 1.54) is 17.0 Å². The molecule has 1 fully saturated rings. The van der Waals surface area contributed by atoms with Crippen LogP contribution in [0.25, 0.3) is 0 Å². The highest BCUT2D eigenvalue weighted by Crippen LogP contribution is 2.26. The van der Waals surface area contributed by atoms with Gasteiger partial charge in [-0.3, -0.25) is 9.59 Å². The van der Waals surface area contributed by atoms with Crippen LogP contribution in [0.3, 0.4) is 0 Å². The van der Waals surface area contributed by atoms with Gasteiger partial charge in [0.05, 0.1) is 5.02 Å². The number of hydrogen-bond donors (Lipinski definition) is 0. The Morgan fingerprint density at radius 1 is 1.19 bits per heavy atom. The number of halogens is 2. The van der Waals surface area contributed by atoms with E-state index < -0.39 is 11.9 Å². The van der Waals surface area contributed by atoms with Crippen LogP contribution >= 0.6 is 11.6 Å². The molecule has 0 aliphatic carbocycles. The number of amides is 2. The van der Waals surface area contributed by atoms with Gasteiger partial charge < -0.3 is 14.5 Å². The lowest BCUT2D eigenvalue weighted by Crippen LogP contribution is -2.54. The van der Waals surface area contributed by atoms with Crippen molar-refractivity contribution in [3.8, 4) is 5.75 Å². The van der Waals surface area contributed by atoms with Gasteiger partial charge in [0.25, 0.3) is 5.91 Å². The average Bonchev–Trinajstić information content (AvgIpc) is 2.64. The Bertz CT molecular complexity index is 816. The second-order valence-corrected chi connectivity index (χ2v) is 6.38. The van der Waals surface area contributed by atoms with Crippen LogP contribution in [-0.4, -0.2) is 42.5 Å². The molecule has 1 saturated heterocycles. The quantitative estimate of drug-likeness (QED) is 0.823. The Hall–Kier alpha value is -2.60. The lowest BCUT2D eigenvalue weighted by atomic mass is 10.2. The van der Waals surface area contributed by atoms with E-state index in [0.717, 1.165) is 11.8 Å². The highest BCUT2D eigenvalue weighted by molar-refractivity contribution is 6.32. The summed E-state index contributed by atoms with van der Waals surface area (Å²) in [5, 5.41) is 0.0922. The van der Waals surface area contributed by atoms with E-state index in [9.17, 15) is 14.0 Å². The molecule has 2 amide bonds. The van der Waals surface area contributed by atoms with Crippen LogP contribution in [0.1, 0.15) is 6.92 Å². The van der Waals surface area contributed by atoms with Gasteiger partial charge in [-0.1, -0.05) is 29.8 Å². The Labute approximate surface area is 155 Å². The van der Waals surface area contributed by atoms with Gasteiger partial charge in [0.2, 0.25) is 5.91 Å². The van der Waals surface area contributed by atoms with Crippen molar-refractivity contribution in [1.82, 2.24) is 4.90 Å². The number of rotatable bonds is 4. The first-order valence-corrected chi connectivity index (χ1v) is 8.59. The van der Waals surface area contributed by atoms with E-state index in [2.05, 4.69) is 0 Å². The van der Waals surface area contributed by atoms with Crippen molar-refractivity contribution in [1.29, 1.82) is 0 Å². The molecule has 0 unspecified atom stereocenters. The molecule has 0 bridgehead atoms. The maximum atomic E-state index is 13.1. The summed E-state index contributed by atoms with van der Waals surface area (Å²) in [6, 6.07) is 13.0. The van der Waals surface area contributed by atoms with Gasteiger partial charge in [-0.2, -0.15) is 0 Å². The topological polar surface area (TPSA) is 49.9 Å². The van der Waals surface area contributed by atoms with E-state index in [1.54, 1.807) is 11.8 Å². The zero-order valence-corrected chi connectivity index (χ0v) is 14.9. The maximum Gasteiger partial charge on any atom is 0.263 e. The minimum atomic E-state index is -0.839. The molecule has 3 rings (SSSR count). The molecule has 0 saturated carbocycles. The summed E-state index contributed by atoms with van der Waals surface area (Å²) in [6.07, 6.45) is -0.839. The molecule has 1 atom stereocenters. The molecule has 26 heavy (non-hydrogen) atoms. The van der Waals surface area contributed by atoms with Crippen molar-refractivity contribution < 1.29 is 18.7 Å². The minimum absolute atomic E-state index is 0.0153. The van der Waals surface area contributed by atoms with Crippen molar-refractivity contribution in [2.45, 2.75) is 13.0 Å². The smallest absolute Gasteiger partial charge is 0.263 e. The van der Waals surface area contributed by atoms with Crippen LogP contribution in [-0.2, 0) is 9.59 Å².